The molecule has 3 aromatic carbocycles. The van der Waals surface area contributed by atoms with Crippen LogP contribution in [0.5, 0.6) is 0 Å². The molecule has 4 rings (SSSR count). The predicted octanol–water partition coefficient (Wildman–Crippen LogP) is 6.11. The molecule has 1 aliphatic rings. The minimum Gasteiger partial charge on any atom is -0.410 e. The molecule has 4 unspecified atom stereocenters. The van der Waals surface area contributed by atoms with E-state index in [1.165, 1.54) is 5.56 Å². The van der Waals surface area contributed by atoms with Crippen molar-refractivity contribution in [2.45, 2.75) is 71.2 Å². The van der Waals surface area contributed by atoms with Crippen molar-refractivity contribution in [1.82, 2.24) is 0 Å². The van der Waals surface area contributed by atoms with E-state index < -0.39 is 7.12 Å². The molecular formula is C32H41BO5. The molecule has 1 heterocycles. The van der Waals surface area contributed by atoms with Crippen molar-refractivity contribution in [1.29, 1.82) is 0 Å². The number of rotatable bonds is 13. The van der Waals surface area contributed by atoms with E-state index in [1.54, 1.807) is 7.11 Å². The van der Waals surface area contributed by atoms with Gasteiger partial charge in [0.25, 0.3) is 0 Å². The van der Waals surface area contributed by atoms with Crippen LogP contribution in [0.25, 0.3) is 0 Å². The molecule has 0 bridgehead atoms. The molecule has 0 saturated carbocycles. The van der Waals surface area contributed by atoms with Gasteiger partial charge in [0.15, 0.2) is 0 Å². The Balaban J connectivity index is 1.41. The van der Waals surface area contributed by atoms with E-state index in [9.17, 15) is 0 Å². The first-order chi connectivity index (χ1) is 18.5. The fraction of sp³-hybridized carbons (Fsp3) is 0.438. The second-order valence-electron chi connectivity index (χ2n) is 10.5. The summed E-state index contributed by atoms with van der Waals surface area (Å²) in [5.41, 5.74) is 4.47. The minimum atomic E-state index is -0.394. The molecule has 1 saturated heterocycles. The molecule has 0 N–H and O–H groups in total. The Labute approximate surface area is 228 Å². The quantitative estimate of drug-likeness (QED) is 0.257. The molecule has 38 heavy (non-hydrogen) atoms. The summed E-state index contributed by atoms with van der Waals surface area (Å²) in [6.45, 7) is 8.07. The lowest BCUT2D eigenvalue weighted by molar-refractivity contribution is -0.142. The standard InChI is InChI=1S/C32H41BO5/c1-24(2)25(3)38-33(34-4)29-17-15-28(16-18-29)32-20-30(36-22-27-13-9-6-10-14-27)19-31(37-32)23-35-21-26-11-7-5-8-12-26/h5-18,24-25,30-32H,19-23H2,1-4H3. The Morgan fingerprint density at radius 1 is 0.816 bits per heavy atom. The summed E-state index contributed by atoms with van der Waals surface area (Å²) in [5.74, 6) is 0.413. The van der Waals surface area contributed by atoms with Crippen molar-refractivity contribution < 1.29 is 23.5 Å². The van der Waals surface area contributed by atoms with Crippen LogP contribution >= 0.6 is 0 Å². The minimum absolute atomic E-state index is 0.0418. The van der Waals surface area contributed by atoms with Crippen LogP contribution in [0.1, 0.15) is 56.4 Å². The number of hydrogen-bond acceptors (Lipinski definition) is 5. The maximum absolute atomic E-state index is 6.55. The Kier molecular flexibility index (Phi) is 11.0. The first-order valence-electron chi connectivity index (χ1n) is 13.7. The van der Waals surface area contributed by atoms with Crippen LogP contribution in [0.2, 0.25) is 0 Å². The summed E-state index contributed by atoms with van der Waals surface area (Å²) in [6.07, 6.45) is 1.68. The third kappa shape index (κ3) is 8.52. The van der Waals surface area contributed by atoms with Crippen molar-refractivity contribution in [3.63, 3.8) is 0 Å². The van der Waals surface area contributed by atoms with E-state index in [0.29, 0.717) is 25.7 Å². The second kappa shape index (κ2) is 14.6. The highest BCUT2D eigenvalue weighted by Gasteiger charge is 2.32. The van der Waals surface area contributed by atoms with E-state index >= 15 is 0 Å². The van der Waals surface area contributed by atoms with E-state index in [1.807, 2.05) is 36.4 Å². The van der Waals surface area contributed by atoms with Crippen LogP contribution in [0.3, 0.4) is 0 Å². The molecule has 0 aliphatic carbocycles. The van der Waals surface area contributed by atoms with Crippen LogP contribution in [0.15, 0.2) is 84.9 Å². The number of ether oxygens (including phenoxy) is 3. The Bertz CT molecular complexity index is 1060. The van der Waals surface area contributed by atoms with Gasteiger partial charge in [0.2, 0.25) is 0 Å². The van der Waals surface area contributed by atoms with Gasteiger partial charge in [-0.05, 0) is 35.0 Å². The zero-order valence-electron chi connectivity index (χ0n) is 23.1. The Morgan fingerprint density at radius 2 is 1.45 bits per heavy atom. The van der Waals surface area contributed by atoms with Crippen molar-refractivity contribution in [2.75, 3.05) is 13.7 Å². The van der Waals surface area contributed by atoms with E-state index in [0.717, 1.165) is 29.4 Å². The van der Waals surface area contributed by atoms with Gasteiger partial charge in [-0.3, -0.25) is 0 Å². The Morgan fingerprint density at radius 3 is 2.05 bits per heavy atom. The molecule has 1 fully saturated rings. The number of hydrogen-bond donors (Lipinski definition) is 0. The van der Waals surface area contributed by atoms with Crippen molar-refractivity contribution in [3.8, 4) is 0 Å². The molecule has 0 aromatic heterocycles. The highest BCUT2D eigenvalue weighted by molar-refractivity contribution is 6.61. The van der Waals surface area contributed by atoms with E-state index in [4.69, 9.17) is 23.5 Å². The highest BCUT2D eigenvalue weighted by atomic mass is 16.6. The Hall–Kier alpha value is -2.48. The highest BCUT2D eigenvalue weighted by Crippen LogP contribution is 2.33. The second-order valence-corrected chi connectivity index (χ2v) is 10.5. The summed E-state index contributed by atoms with van der Waals surface area (Å²) in [5, 5.41) is 0. The fourth-order valence-corrected chi connectivity index (χ4v) is 4.59. The topological polar surface area (TPSA) is 46.2 Å². The molecule has 5 nitrogen and oxygen atoms in total. The third-order valence-corrected chi connectivity index (χ3v) is 7.17. The van der Waals surface area contributed by atoms with Crippen molar-refractivity contribution >= 4 is 12.6 Å². The summed E-state index contributed by atoms with van der Waals surface area (Å²) >= 11 is 0. The van der Waals surface area contributed by atoms with Crippen LogP contribution in [-0.4, -0.2) is 39.1 Å². The van der Waals surface area contributed by atoms with Gasteiger partial charge >= 0.3 is 7.12 Å². The van der Waals surface area contributed by atoms with Crippen LogP contribution in [0, 0.1) is 5.92 Å². The van der Waals surface area contributed by atoms with Crippen LogP contribution < -0.4 is 5.46 Å². The maximum atomic E-state index is 6.55. The molecule has 0 spiro atoms. The molecule has 1 aliphatic heterocycles. The fourth-order valence-electron chi connectivity index (χ4n) is 4.59. The van der Waals surface area contributed by atoms with Gasteiger partial charge in [-0.2, -0.15) is 0 Å². The van der Waals surface area contributed by atoms with Gasteiger partial charge in [-0.25, -0.2) is 0 Å². The number of benzene rings is 3. The van der Waals surface area contributed by atoms with Gasteiger partial charge in [-0.15, -0.1) is 0 Å². The largest absolute Gasteiger partial charge is 0.493 e. The summed E-state index contributed by atoms with van der Waals surface area (Å²) < 4.78 is 30.8. The summed E-state index contributed by atoms with van der Waals surface area (Å²) in [7, 11) is 1.29. The zero-order valence-corrected chi connectivity index (χ0v) is 23.1. The molecular weight excluding hydrogens is 475 g/mol. The SMILES string of the molecule is COB(OC(C)C(C)C)c1ccc(C2CC(OCc3ccccc3)CC(COCc3ccccc3)O2)cc1. The summed E-state index contributed by atoms with van der Waals surface area (Å²) in [6, 6.07) is 29.0. The first-order valence-corrected chi connectivity index (χ1v) is 13.7. The van der Waals surface area contributed by atoms with Crippen molar-refractivity contribution in [2.24, 2.45) is 5.92 Å². The smallest absolute Gasteiger partial charge is 0.410 e. The summed E-state index contributed by atoms with van der Waals surface area (Å²) in [4.78, 5) is 0. The average Bonchev–Trinajstić information content (AvgIpc) is 2.96. The maximum Gasteiger partial charge on any atom is 0.493 e. The normalized spacial score (nSPS) is 20.4. The molecule has 6 heteroatoms. The van der Waals surface area contributed by atoms with Gasteiger partial charge < -0.3 is 23.5 Å². The van der Waals surface area contributed by atoms with Gasteiger partial charge in [0.05, 0.1) is 38.1 Å². The van der Waals surface area contributed by atoms with E-state index in [-0.39, 0.29) is 24.4 Å². The lowest BCUT2D eigenvalue weighted by Crippen LogP contribution is -2.40. The molecule has 0 amide bonds. The lowest BCUT2D eigenvalue weighted by Gasteiger charge is -2.35. The van der Waals surface area contributed by atoms with Crippen LogP contribution in [0.4, 0.5) is 0 Å². The van der Waals surface area contributed by atoms with Gasteiger partial charge in [0.1, 0.15) is 0 Å². The third-order valence-electron chi connectivity index (χ3n) is 7.17. The molecule has 4 atom stereocenters. The van der Waals surface area contributed by atoms with E-state index in [2.05, 4.69) is 69.3 Å². The zero-order chi connectivity index (χ0) is 26.7. The van der Waals surface area contributed by atoms with Gasteiger partial charge in [-0.1, -0.05) is 98.8 Å². The monoisotopic (exact) mass is 516 g/mol. The first kappa shape index (κ1) is 28.5. The van der Waals surface area contributed by atoms with Crippen LogP contribution in [-0.2, 0) is 36.7 Å². The van der Waals surface area contributed by atoms with Crippen molar-refractivity contribution in [3.05, 3.63) is 102 Å². The lowest BCUT2D eigenvalue weighted by atomic mass is 9.77. The average molecular weight is 516 g/mol. The molecule has 202 valence electrons. The van der Waals surface area contributed by atoms with Gasteiger partial charge in [0, 0.05) is 26.1 Å². The predicted molar refractivity (Wildman–Crippen MR) is 152 cm³/mol. The molecule has 3 aromatic rings. The molecule has 0 radical (unpaired) electrons.